The Bertz CT molecular complexity index is 472. The van der Waals surface area contributed by atoms with E-state index in [0.29, 0.717) is 30.9 Å². The lowest BCUT2D eigenvalue weighted by Crippen LogP contribution is -2.33. The van der Waals surface area contributed by atoms with Crippen LogP contribution in [-0.4, -0.2) is 31.9 Å². The van der Waals surface area contributed by atoms with Crippen LogP contribution in [0.3, 0.4) is 0 Å². The van der Waals surface area contributed by atoms with E-state index < -0.39 is 11.7 Å². The molecule has 1 rings (SSSR count). The minimum absolute atomic E-state index is 0.337. The largest absolute Gasteiger partial charge is 0.497 e. The van der Waals surface area contributed by atoms with Crippen LogP contribution in [0, 0.1) is 5.82 Å². The number of benzene rings is 1. The van der Waals surface area contributed by atoms with Crippen LogP contribution in [0.4, 0.5) is 14.9 Å². The molecule has 0 unspecified atom stereocenters. The Labute approximate surface area is 124 Å². The van der Waals surface area contributed by atoms with Crippen molar-refractivity contribution in [1.29, 1.82) is 0 Å². The average molecular weight is 298 g/mol. The van der Waals surface area contributed by atoms with Crippen molar-refractivity contribution in [2.24, 2.45) is 0 Å². The molecule has 0 atom stereocenters. The number of hydrogen-bond acceptors (Lipinski definition) is 4. The monoisotopic (exact) mass is 298 g/mol. The molecule has 1 aromatic rings. The van der Waals surface area contributed by atoms with Crippen LogP contribution in [0.2, 0.25) is 0 Å². The Morgan fingerprint density at radius 1 is 1.29 bits per heavy atom. The standard InChI is InChI=1S/C15H23FN2O3/c1-15(2,3)21-14(19)18-9-5-8-17-13-10-11(20-4)6-7-12(13)16/h6-7,10,17H,5,8-9H2,1-4H3,(H,18,19). The van der Waals surface area contributed by atoms with E-state index in [1.807, 2.05) is 0 Å². The zero-order valence-electron chi connectivity index (χ0n) is 13.0. The summed E-state index contributed by atoms with van der Waals surface area (Å²) in [6.45, 7) is 6.40. The Morgan fingerprint density at radius 2 is 2.00 bits per heavy atom. The van der Waals surface area contributed by atoms with Gasteiger partial charge in [0, 0.05) is 19.2 Å². The van der Waals surface area contributed by atoms with Crippen molar-refractivity contribution in [3.63, 3.8) is 0 Å². The van der Waals surface area contributed by atoms with Crippen LogP contribution in [0.1, 0.15) is 27.2 Å². The van der Waals surface area contributed by atoms with Crippen LogP contribution in [0.15, 0.2) is 18.2 Å². The summed E-state index contributed by atoms with van der Waals surface area (Å²) in [5, 5.41) is 5.61. The quantitative estimate of drug-likeness (QED) is 0.792. The molecule has 0 radical (unpaired) electrons. The van der Waals surface area contributed by atoms with Gasteiger partial charge in [-0.2, -0.15) is 0 Å². The number of alkyl carbamates (subject to hydrolysis) is 1. The van der Waals surface area contributed by atoms with Crippen molar-refractivity contribution in [2.45, 2.75) is 32.8 Å². The highest BCUT2D eigenvalue weighted by molar-refractivity contribution is 5.67. The van der Waals surface area contributed by atoms with E-state index >= 15 is 0 Å². The van der Waals surface area contributed by atoms with E-state index in [9.17, 15) is 9.18 Å². The fourth-order valence-corrected chi connectivity index (χ4v) is 1.58. The lowest BCUT2D eigenvalue weighted by molar-refractivity contribution is 0.0528. The van der Waals surface area contributed by atoms with Gasteiger partial charge in [-0.3, -0.25) is 0 Å². The minimum atomic E-state index is -0.508. The molecule has 21 heavy (non-hydrogen) atoms. The maximum absolute atomic E-state index is 13.5. The van der Waals surface area contributed by atoms with Gasteiger partial charge in [0.1, 0.15) is 17.2 Å². The van der Waals surface area contributed by atoms with Crippen molar-refractivity contribution < 1.29 is 18.7 Å². The molecule has 0 aromatic heterocycles. The number of nitrogens with one attached hydrogen (secondary N) is 2. The zero-order chi connectivity index (χ0) is 15.9. The van der Waals surface area contributed by atoms with Gasteiger partial charge in [0.2, 0.25) is 0 Å². The van der Waals surface area contributed by atoms with Crippen LogP contribution in [0.25, 0.3) is 0 Å². The van der Waals surface area contributed by atoms with Gasteiger partial charge in [-0.1, -0.05) is 0 Å². The van der Waals surface area contributed by atoms with E-state index in [1.165, 1.54) is 13.2 Å². The van der Waals surface area contributed by atoms with Crippen molar-refractivity contribution in [1.82, 2.24) is 5.32 Å². The van der Waals surface area contributed by atoms with Gasteiger partial charge >= 0.3 is 6.09 Å². The summed E-state index contributed by atoms with van der Waals surface area (Å²) in [7, 11) is 1.53. The van der Waals surface area contributed by atoms with E-state index in [1.54, 1.807) is 32.9 Å². The summed E-state index contributed by atoms with van der Waals surface area (Å²) in [4.78, 5) is 11.4. The molecule has 5 nitrogen and oxygen atoms in total. The number of carbonyl (C=O) groups is 1. The number of halogens is 1. The molecule has 0 aliphatic carbocycles. The Kier molecular flexibility index (Phi) is 6.27. The number of anilines is 1. The van der Waals surface area contributed by atoms with Gasteiger partial charge in [0.25, 0.3) is 0 Å². The van der Waals surface area contributed by atoms with Gasteiger partial charge in [0.15, 0.2) is 0 Å². The molecule has 0 aliphatic heterocycles. The maximum atomic E-state index is 13.5. The second-order valence-electron chi connectivity index (χ2n) is 5.55. The van der Waals surface area contributed by atoms with Gasteiger partial charge < -0.3 is 20.1 Å². The molecule has 0 fully saturated rings. The summed E-state index contributed by atoms with van der Waals surface area (Å²) in [5.41, 5.74) is -0.127. The molecule has 0 spiro atoms. The van der Waals surface area contributed by atoms with Gasteiger partial charge in [-0.05, 0) is 39.3 Å². The Morgan fingerprint density at radius 3 is 2.62 bits per heavy atom. The third-order valence-corrected chi connectivity index (χ3v) is 2.51. The number of methoxy groups -OCH3 is 1. The first-order valence-electron chi connectivity index (χ1n) is 6.86. The molecule has 0 saturated heterocycles. The van der Waals surface area contributed by atoms with Gasteiger partial charge in [-0.15, -0.1) is 0 Å². The minimum Gasteiger partial charge on any atom is -0.497 e. The van der Waals surface area contributed by atoms with E-state index in [4.69, 9.17) is 9.47 Å². The van der Waals surface area contributed by atoms with Gasteiger partial charge in [-0.25, -0.2) is 9.18 Å². The van der Waals surface area contributed by atoms with Gasteiger partial charge in [0.05, 0.1) is 12.8 Å². The third kappa shape index (κ3) is 6.83. The number of carbonyl (C=O) groups excluding carboxylic acids is 1. The first-order valence-corrected chi connectivity index (χ1v) is 6.86. The highest BCUT2D eigenvalue weighted by Crippen LogP contribution is 2.20. The lowest BCUT2D eigenvalue weighted by atomic mass is 10.2. The van der Waals surface area contributed by atoms with Crippen LogP contribution in [0.5, 0.6) is 5.75 Å². The topological polar surface area (TPSA) is 59.6 Å². The first kappa shape index (κ1) is 17.1. The fraction of sp³-hybridized carbons (Fsp3) is 0.533. The Balaban J connectivity index is 2.27. The van der Waals surface area contributed by atoms with E-state index in [-0.39, 0.29) is 5.82 Å². The zero-order valence-corrected chi connectivity index (χ0v) is 13.0. The fourth-order valence-electron chi connectivity index (χ4n) is 1.58. The highest BCUT2D eigenvalue weighted by Gasteiger charge is 2.15. The average Bonchev–Trinajstić information content (AvgIpc) is 2.38. The molecular weight excluding hydrogens is 275 g/mol. The van der Waals surface area contributed by atoms with Crippen LogP contribution >= 0.6 is 0 Å². The molecule has 0 saturated carbocycles. The lowest BCUT2D eigenvalue weighted by Gasteiger charge is -2.19. The Hall–Kier alpha value is -1.98. The highest BCUT2D eigenvalue weighted by atomic mass is 19.1. The molecule has 1 amide bonds. The predicted molar refractivity (Wildman–Crippen MR) is 80.3 cm³/mol. The first-order chi connectivity index (χ1) is 9.81. The van der Waals surface area contributed by atoms with Crippen molar-refractivity contribution in [3.05, 3.63) is 24.0 Å². The smallest absolute Gasteiger partial charge is 0.407 e. The van der Waals surface area contributed by atoms with E-state index in [0.717, 1.165) is 0 Å². The molecule has 2 N–H and O–H groups in total. The molecule has 0 aliphatic rings. The third-order valence-electron chi connectivity index (χ3n) is 2.51. The van der Waals surface area contributed by atoms with Crippen molar-refractivity contribution in [2.75, 3.05) is 25.5 Å². The second-order valence-corrected chi connectivity index (χ2v) is 5.55. The molecular formula is C15H23FN2O3. The summed E-state index contributed by atoms with van der Waals surface area (Å²) in [6.07, 6.45) is 0.200. The molecule has 6 heteroatoms. The van der Waals surface area contributed by atoms with Crippen LogP contribution in [-0.2, 0) is 4.74 Å². The summed E-state index contributed by atoms with van der Waals surface area (Å²) in [5.74, 6) is 0.252. The molecule has 1 aromatic carbocycles. The molecule has 0 bridgehead atoms. The summed E-state index contributed by atoms with van der Waals surface area (Å²) >= 11 is 0. The normalized spacial score (nSPS) is 10.9. The predicted octanol–water partition coefficient (Wildman–Crippen LogP) is 3.16. The second kappa shape index (κ2) is 7.71. The number of ether oxygens (including phenoxy) is 2. The SMILES string of the molecule is COc1ccc(F)c(NCCCNC(=O)OC(C)(C)C)c1. The summed E-state index contributed by atoms with van der Waals surface area (Å²) < 4.78 is 23.7. The maximum Gasteiger partial charge on any atom is 0.407 e. The van der Waals surface area contributed by atoms with Crippen molar-refractivity contribution in [3.8, 4) is 5.75 Å². The van der Waals surface area contributed by atoms with Crippen molar-refractivity contribution >= 4 is 11.8 Å². The van der Waals surface area contributed by atoms with Crippen LogP contribution < -0.4 is 15.4 Å². The number of amides is 1. The number of rotatable bonds is 6. The summed E-state index contributed by atoms with van der Waals surface area (Å²) in [6, 6.07) is 4.50. The van der Waals surface area contributed by atoms with E-state index in [2.05, 4.69) is 10.6 Å². The molecule has 118 valence electrons. The number of hydrogen-bond donors (Lipinski definition) is 2. The molecule has 0 heterocycles.